The molecule has 2 unspecified atom stereocenters. The number of halogens is 1. The quantitative estimate of drug-likeness (QED) is 0.408. The predicted molar refractivity (Wildman–Crippen MR) is 102 cm³/mol. The Hall–Kier alpha value is -0.120. The number of nitrogens with two attached hydrogens (primary N) is 1. The van der Waals surface area contributed by atoms with E-state index in [2.05, 4.69) is 40.5 Å². The van der Waals surface area contributed by atoms with Gasteiger partial charge in [0.05, 0.1) is 19.3 Å². The molecule has 2 atom stereocenters. The van der Waals surface area contributed by atoms with Crippen molar-refractivity contribution in [2.45, 2.75) is 32.9 Å². The molecule has 0 bridgehead atoms. The van der Waals surface area contributed by atoms with Gasteiger partial charge in [-0.1, -0.05) is 6.92 Å². The molecular formula is C15H32IN5O. The Morgan fingerprint density at radius 3 is 2.55 bits per heavy atom. The van der Waals surface area contributed by atoms with Gasteiger partial charge in [0, 0.05) is 45.3 Å². The lowest BCUT2D eigenvalue weighted by Crippen LogP contribution is -2.51. The summed E-state index contributed by atoms with van der Waals surface area (Å²) in [6.45, 7) is 15.5. The highest BCUT2D eigenvalue weighted by Crippen LogP contribution is 2.07. The first-order chi connectivity index (χ1) is 10.1. The first kappa shape index (κ1) is 19.9. The van der Waals surface area contributed by atoms with Gasteiger partial charge in [-0.2, -0.15) is 0 Å². The first-order valence-corrected chi connectivity index (χ1v) is 8.23. The fourth-order valence-corrected chi connectivity index (χ4v) is 2.99. The van der Waals surface area contributed by atoms with Crippen LogP contribution in [0.15, 0.2) is 4.99 Å². The molecule has 2 fully saturated rings. The van der Waals surface area contributed by atoms with E-state index < -0.39 is 0 Å². The Labute approximate surface area is 152 Å². The van der Waals surface area contributed by atoms with Crippen molar-refractivity contribution in [3.63, 3.8) is 0 Å². The van der Waals surface area contributed by atoms with Gasteiger partial charge in [0.15, 0.2) is 5.96 Å². The first-order valence-electron chi connectivity index (χ1n) is 8.23. The van der Waals surface area contributed by atoms with Crippen molar-refractivity contribution in [2.24, 2.45) is 10.7 Å². The van der Waals surface area contributed by atoms with Gasteiger partial charge in [-0.05, 0) is 20.4 Å². The molecule has 22 heavy (non-hydrogen) atoms. The monoisotopic (exact) mass is 425 g/mol. The Morgan fingerprint density at radius 2 is 1.95 bits per heavy atom. The largest absolute Gasteiger partial charge is 0.375 e. The maximum atomic E-state index is 6.13. The van der Waals surface area contributed by atoms with Gasteiger partial charge < -0.3 is 20.3 Å². The Balaban J connectivity index is 0.00000242. The SMILES string of the molecule is CCN1CCN(C(C)CN=C(N)N2CCOC(C)C2)CC1.I. The second-order valence-corrected chi connectivity index (χ2v) is 6.15. The summed E-state index contributed by atoms with van der Waals surface area (Å²) in [5.41, 5.74) is 6.13. The summed E-state index contributed by atoms with van der Waals surface area (Å²) in [6, 6.07) is 0.459. The minimum absolute atomic E-state index is 0. The lowest BCUT2D eigenvalue weighted by molar-refractivity contribution is 0.00524. The summed E-state index contributed by atoms with van der Waals surface area (Å²) in [5.74, 6) is 0.671. The zero-order valence-corrected chi connectivity index (χ0v) is 16.5. The van der Waals surface area contributed by atoms with Gasteiger partial charge in [-0.25, -0.2) is 0 Å². The topological polar surface area (TPSA) is 57.3 Å². The Morgan fingerprint density at radius 1 is 1.27 bits per heavy atom. The summed E-state index contributed by atoms with van der Waals surface area (Å²) in [7, 11) is 0. The maximum Gasteiger partial charge on any atom is 0.191 e. The van der Waals surface area contributed by atoms with E-state index in [1.165, 1.54) is 13.1 Å². The maximum absolute atomic E-state index is 6.13. The van der Waals surface area contributed by atoms with E-state index in [4.69, 9.17) is 10.5 Å². The third-order valence-electron chi connectivity index (χ3n) is 4.56. The van der Waals surface area contributed by atoms with Crippen molar-refractivity contribution >= 4 is 29.9 Å². The van der Waals surface area contributed by atoms with E-state index >= 15 is 0 Å². The Bertz CT molecular complexity index is 347. The van der Waals surface area contributed by atoms with Crippen LogP contribution in [-0.2, 0) is 4.74 Å². The number of hydrogen-bond donors (Lipinski definition) is 1. The number of likely N-dealkylation sites (N-methyl/N-ethyl adjacent to an activating group) is 1. The normalized spacial score (nSPS) is 26.6. The van der Waals surface area contributed by atoms with Crippen LogP contribution in [0.3, 0.4) is 0 Å². The number of guanidine groups is 1. The average Bonchev–Trinajstić information content (AvgIpc) is 2.52. The van der Waals surface area contributed by atoms with Crippen LogP contribution < -0.4 is 5.73 Å². The fraction of sp³-hybridized carbons (Fsp3) is 0.933. The molecule has 7 heteroatoms. The summed E-state index contributed by atoms with van der Waals surface area (Å²) in [4.78, 5) is 11.8. The molecular weight excluding hydrogens is 393 g/mol. The molecule has 0 aromatic heterocycles. The smallest absolute Gasteiger partial charge is 0.191 e. The molecule has 2 saturated heterocycles. The minimum atomic E-state index is 0. The van der Waals surface area contributed by atoms with Gasteiger partial charge in [0.25, 0.3) is 0 Å². The molecule has 0 amide bonds. The van der Waals surface area contributed by atoms with Gasteiger partial charge in [-0.3, -0.25) is 9.89 Å². The molecule has 0 aromatic carbocycles. The van der Waals surface area contributed by atoms with Crippen LogP contribution in [-0.4, -0.2) is 91.8 Å². The number of nitrogens with zero attached hydrogens (tertiary/aromatic N) is 4. The highest BCUT2D eigenvalue weighted by Gasteiger charge is 2.21. The van der Waals surface area contributed by atoms with Gasteiger partial charge in [-0.15, -0.1) is 24.0 Å². The van der Waals surface area contributed by atoms with Gasteiger partial charge >= 0.3 is 0 Å². The molecule has 2 rings (SSSR count). The number of piperazine rings is 1. The standard InChI is InChI=1S/C15H31N5O.HI/c1-4-18-5-7-19(8-6-18)13(2)11-17-15(16)20-9-10-21-14(3)12-20;/h13-14H,4-12H2,1-3H3,(H2,16,17);1H. The summed E-state index contributed by atoms with van der Waals surface area (Å²) < 4.78 is 5.53. The van der Waals surface area contributed by atoms with Gasteiger partial charge in [0.1, 0.15) is 0 Å². The highest BCUT2D eigenvalue weighted by molar-refractivity contribution is 14.0. The molecule has 2 N–H and O–H groups in total. The molecule has 2 aliphatic heterocycles. The van der Waals surface area contributed by atoms with Crippen LogP contribution in [0.4, 0.5) is 0 Å². The summed E-state index contributed by atoms with van der Waals surface area (Å²) in [6.07, 6.45) is 0.243. The highest BCUT2D eigenvalue weighted by atomic mass is 127. The van der Waals surface area contributed by atoms with Crippen molar-refractivity contribution in [3.8, 4) is 0 Å². The summed E-state index contributed by atoms with van der Waals surface area (Å²) >= 11 is 0. The van der Waals surface area contributed by atoms with Crippen LogP contribution in [0.25, 0.3) is 0 Å². The van der Waals surface area contributed by atoms with E-state index in [0.29, 0.717) is 12.0 Å². The number of hydrogen-bond acceptors (Lipinski definition) is 4. The molecule has 0 aromatic rings. The van der Waals surface area contributed by atoms with Crippen LogP contribution in [0.2, 0.25) is 0 Å². The lowest BCUT2D eigenvalue weighted by atomic mass is 10.2. The van der Waals surface area contributed by atoms with Crippen LogP contribution in [0.5, 0.6) is 0 Å². The third kappa shape index (κ3) is 5.82. The molecule has 0 saturated carbocycles. The number of morpholine rings is 1. The van der Waals surface area contributed by atoms with E-state index in [9.17, 15) is 0 Å². The van der Waals surface area contributed by atoms with Crippen molar-refractivity contribution in [2.75, 3.05) is 59.0 Å². The molecule has 6 nitrogen and oxygen atoms in total. The van der Waals surface area contributed by atoms with Crippen molar-refractivity contribution in [1.82, 2.24) is 14.7 Å². The van der Waals surface area contributed by atoms with E-state index in [0.717, 1.165) is 45.9 Å². The zero-order chi connectivity index (χ0) is 15.2. The molecule has 2 heterocycles. The minimum Gasteiger partial charge on any atom is -0.375 e. The van der Waals surface area contributed by atoms with E-state index in [1.807, 2.05) is 0 Å². The van der Waals surface area contributed by atoms with E-state index in [1.54, 1.807) is 0 Å². The Kier molecular flexibility index (Phi) is 8.96. The van der Waals surface area contributed by atoms with Crippen molar-refractivity contribution in [3.05, 3.63) is 0 Å². The molecule has 0 aliphatic carbocycles. The number of ether oxygens (including phenoxy) is 1. The zero-order valence-electron chi connectivity index (χ0n) is 14.2. The van der Waals surface area contributed by atoms with Crippen molar-refractivity contribution in [1.29, 1.82) is 0 Å². The van der Waals surface area contributed by atoms with Gasteiger partial charge in [0.2, 0.25) is 0 Å². The molecule has 2 aliphatic rings. The fourth-order valence-electron chi connectivity index (χ4n) is 2.99. The average molecular weight is 425 g/mol. The second-order valence-electron chi connectivity index (χ2n) is 6.15. The number of rotatable bonds is 4. The third-order valence-corrected chi connectivity index (χ3v) is 4.56. The lowest BCUT2D eigenvalue weighted by Gasteiger charge is -2.37. The molecule has 130 valence electrons. The van der Waals surface area contributed by atoms with E-state index in [-0.39, 0.29) is 30.1 Å². The van der Waals surface area contributed by atoms with Crippen molar-refractivity contribution < 1.29 is 4.74 Å². The predicted octanol–water partition coefficient (Wildman–Crippen LogP) is 0.666. The second kappa shape index (κ2) is 9.89. The van der Waals surface area contributed by atoms with Crippen LogP contribution in [0.1, 0.15) is 20.8 Å². The number of aliphatic imine (C=N–C) groups is 1. The molecule has 0 spiro atoms. The molecule has 0 radical (unpaired) electrons. The van der Waals surface area contributed by atoms with Crippen LogP contribution in [0, 0.1) is 0 Å². The summed E-state index contributed by atoms with van der Waals surface area (Å²) in [5, 5.41) is 0. The van der Waals surface area contributed by atoms with Crippen LogP contribution >= 0.6 is 24.0 Å².